The Kier molecular flexibility index (Phi) is 3.48. The minimum atomic E-state index is -0.516. The maximum Gasteiger partial charge on any atom is 0.353 e. The summed E-state index contributed by atoms with van der Waals surface area (Å²) in [5.74, 6) is 0.279. The van der Waals surface area contributed by atoms with Gasteiger partial charge in [-0.15, -0.1) is 0 Å². The molecule has 8 heteroatoms. The number of anilines is 3. The Labute approximate surface area is 125 Å². The lowest BCUT2D eigenvalue weighted by Crippen LogP contribution is -2.05. The molecule has 0 amide bonds. The van der Waals surface area contributed by atoms with Crippen LogP contribution in [0.1, 0.15) is 0 Å². The number of nitro groups is 1. The SMILES string of the molecule is CNc1ncnc(Nc2cccc3ncccc23)c1[N+](=O)[O-]. The third-order valence-corrected chi connectivity index (χ3v) is 3.14. The molecule has 0 fully saturated rings. The monoisotopic (exact) mass is 296 g/mol. The zero-order valence-corrected chi connectivity index (χ0v) is 11.6. The Morgan fingerprint density at radius 2 is 1.91 bits per heavy atom. The second-order valence-corrected chi connectivity index (χ2v) is 4.43. The lowest BCUT2D eigenvalue weighted by Gasteiger charge is -2.10. The van der Waals surface area contributed by atoms with Crippen molar-refractivity contribution in [2.75, 3.05) is 17.7 Å². The lowest BCUT2D eigenvalue weighted by molar-refractivity contribution is -0.383. The molecule has 0 aliphatic carbocycles. The summed E-state index contributed by atoms with van der Waals surface area (Å²) in [6.07, 6.45) is 2.96. The van der Waals surface area contributed by atoms with E-state index in [1.807, 2.05) is 24.3 Å². The highest BCUT2D eigenvalue weighted by atomic mass is 16.6. The Balaban J connectivity index is 2.11. The van der Waals surface area contributed by atoms with Crippen LogP contribution in [0.15, 0.2) is 42.9 Å². The normalized spacial score (nSPS) is 10.4. The van der Waals surface area contributed by atoms with Gasteiger partial charge in [0.2, 0.25) is 11.6 Å². The van der Waals surface area contributed by atoms with Gasteiger partial charge in [-0.3, -0.25) is 15.1 Å². The molecule has 8 nitrogen and oxygen atoms in total. The Morgan fingerprint density at radius 1 is 1.09 bits per heavy atom. The summed E-state index contributed by atoms with van der Waals surface area (Å²) in [6, 6.07) is 9.20. The standard InChI is InChI=1S/C14H12N6O2/c1-15-13-12(20(21)22)14(18-8-17-13)19-11-6-2-5-10-9(11)4-3-7-16-10/h2-8H,1H3,(H2,15,17,18,19). The number of pyridine rings is 1. The molecule has 0 saturated heterocycles. The van der Waals surface area contributed by atoms with Crippen LogP contribution in [0.25, 0.3) is 10.9 Å². The molecule has 0 saturated carbocycles. The fraction of sp³-hybridized carbons (Fsp3) is 0.0714. The van der Waals surface area contributed by atoms with E-state index in [4.69, 9.17) is 0 Å². The van der Waals surface area contributed by atoms with Crippen molar-refractivity contribution in [3.63, 3.8) is 0 Å². The van der Waals surface area contributed by atoms with Gasteiger partial charge in [0.15, 0.2) is 0 Å². The van der Waals surface area contributed by atoms with Gasteiger partial charge in [-0.25, -0.2) is 9.97 Å². The van der Waals surface area contributed by atoms with Gasteiger partial charge in [-0.2, -0.15) is 0 Å². The molecular formula is C14H12N6O2. The van der Waals surface area contributed by atoms with Crippen molar-refractivity contribution in [1.29, 1.82) is 0 Å². The summed E-state index contributed by atoms with van der Waals surface area (Å²) in [6.45, 7) is 0. The molecule has 0 aliphatic rings. The number of fused-ring (bicyclic) bond motifs is 1. The number of hydrogen-bond donors (Lipinski definition) is 2. The molecule has 2 heterocycles. The van der Waals surface area contributed by atoms with Gasteiger partial charge >= 0.3 is 5.69 Å². The van der Waals surface area contributed by atoms with Crippen molar-refractivity contribution in [3.8, 4) is 0 Å². The summed E-state index contributed by atoms with van der Waals surface area (Å²) in [5, 5.41) is 17.8. The average Bonchev–Trinajstić information content (AvgIpc) is 2.54. The molecule has 0 atom stereocenters. The van der Waals surface area contributed by atoms with Crippen molar-refractivity contribution < 1.29 is 4.92 Å². The first-order chi connectivity index (χ1) is 10.7. The summed E-state index contributed by atoms with van der Waals surface area (Å²) in [5.41, 5.74) is 1.28. The van der Waals surface area contributed by atoms with E-state index in [-0.39, 0.29) is 17.3 Å². The number of aromatic nitrogens is 3. The van der Waals surface area contributed by atoms with Crippen molar-refractivity contribution >= 4 is 33.9 Å². The highest BCUT2D eigenvalue weighted by molar-refractivity contribution is 5.93. The third-order valence-electron chi connectivity index (χ3n) is 3.14. The first-order valence-electron chi connectivity index (χ1n) is 6.48. The summed E-state index contributed by atoms with van der Waals surface area (Å²) >= 11 is 0. The van der Waals surface area contributed by atoms with Crippen molar-refractivity contribution in [2.45, 2.75) is 0 Å². The summed E-state index contributed by atoms with van der Waals surface area (Å²) in [4.78, 5) is 22.9. The molecule has 1 aromatic carbocycles. The van der Waals surface area contributed by atoms with Crippen molar-refractivity contribution in [2.24, 2.45) is 0 Å². The maximum atomic E-state index is 11.3. The van der Waals surface area contributed by atoms with E-state index in [1.54, 1.807) is 19.3 Å². The van der Waals surface area contributed by atoms with Crippen LogP contribution < -0.4 is 10.6 Å². The quantitative estimate of drug-likeness (QED) is 0.563. The van der Waals surface area contributed by atoms with Gasteiger partial charge in [0.05, 0.1) is 10.4 Å². The highest BCUT2D eigenvalue weighted by Gasteiger charge is 2.22. The van der Waals surface area contributed by atoms with E-state index in [1.165, 1.54) is 6.33 Å². The fourth-order valence-electron chi connectivity index (χ4n) is 2.17. The number of rotatable bonds is 4. The van der Waals surface area contributed by atoms with Crippen LogP contribution in [0.3, 0.4) is 0 Å². The molecule has 2 aromatic heterocycles. The zero-order chi connectivity index (χ0) is 15.5. The summed E-state index contributed by atoms with van der Waals surface area (Å²) in [7, 11) is 1.57. The molecule has 110 valence electrons. The molecule has 22 heavy (non-hydrogen) atoms. The van der Waals surface area contributed by atoms with Crippen LogP contribution in [0.5, 0.6) is 0 Å². The van der Waals surface area contributed by atoms with Crippen molar-refractivity contribution in [1.82, 2.24) is 15.0 Å². The van der Waals surface area contributed by atoms with Gasteiger partial charge < -0.3 is 10.6 Å². The molecule has 0 unspecified atom stereocenters. The van der Waals surface area contributed by atoms with Gasteiger partial charge in [-0.1, -0.05) is 6.07 Å². The van der Waals surface area contributed by atoms with Crippen LogP contribution >= 0.6 is 0 Å². The molecular weight excluding hydrogens is 284 g/mol. The number of hydrogen-bond acceptors (Lipinski definition) is 7. The number of nitrogens with one attached hydrogen (secondary N) is 2. The van der Waals surface area contributed by atoms with E-state index < -0.39 is 4.92 Å². The lowest BCUT2D eigenvalue weighted by atomic mass is 10.2. The van der Waals surface area contributed by atoms with E-state index >= 15 is 0 Å². The van der Waals surface area contributed by atoms with Crippen LogP contribution in [0, 0.1) is 10.1 Å². The van der Waals surface area contributed by atoms with Crippen LogP contribution in [0.4, 0.5) is 23.0 Å². The second kappa shape index (κ2) is 5.60. The fourth-order valence-corrected chi connectivity index (χ4v) is 2.17. The van der Waals surface area contributed by atoms with Gasteiger partial charge in [0.1, 0.15) is 6.33 Å². The Morgan fingerprint density at radius 3 is 2.68 bits per heavy atom. The van der Waals surface area contributed by atoms with Gasteiger partial charge in [0.25, 0.3) is 0 Å². The average molecular weight is 296 g/mol. The van der Waals surface area contributed by atoms with Gasteiger partial charge in [-0.05, 0) is 24.3 Å². The molecule has 0 spiro atoms. The molecule has 0 bridgehead atoms. The molecule has 3 aromatic rings. The van der Waals surface area contributed by atoms with E-state index in [9.17, 15) is 10.1 Å². The Bertz CT molecular complexity index is 846. The highest BCUT2D eigenvalue weighted by Crippen LogP contribution is 2.32. The van der Waals surface area contributed by atoms with Crippen LogP contribution in [-0.4, -0.2) is 26.9 Å². The zero-order valence-electron chi connectivity index (χ0n) is 11.6. The smallest absolute Gasteiger partial charge is 0.353 e. The predicted molar refractivity (Wildman–Crippen MR) is 83.3 cm³/mol. The number of benzene rings is 1. The molecule has 0 radical (unpaired) electrons. The number of nitrogens with zero attached hydrogens (tertiary/aromatic N) is 4. The molecule has 0 aliphatic heterocycles. The van der Waals surface area contributed by atoms with Crippen LogP contribution in [0.2, 0.25) is 0 Å². The molecule has 3 rings (SSSR count). The van der Waals surface area contributed by atoms with Crippen molar-refractivity contribution in [3.05, 3.63) is 53.0 Å². The minimum absolute atomic E-state index is 0.126. The topological polar surface area (TPSA) is 106 Å². The predicted octanol–water partition coefficient (Wildman–Crippen LogP) is 2.72. The van der Waals surface area contributed by atoms with E-state index in [2.05, 4.69) is 25.6 Å². The first-order valence-corrected chi connectivity index (χ1v) is 6.48. The third kappa shape index (κ3) is 2.37. The molecule has 2 N–H and O–H groups in total. The van der Waals surface area contributed by atoms with E-state index in [0.717, 1.165) is 10.9 Å². The second-order valence-electron chi connectivity index (χ2n) is 4.43. The van der Waals surface area contributed by atoms with Crippen LogP contribution in [-0.2, 0) is 0 Å². The first kappa shape index (κ1) is 13.7. The maximum absolute atomic E-state index is 11.3. The Hall–Kier alpha value is -3.29. The summed E-state index contributed by atoms with van der Waals surface area (Å²) < 4.78 is 0. The van der Waals surface area contributed by atoms with E-state index in [0.29, 0.717) is 5.69 Å². The minimum Gasteiger partial charge on any atom is -0.367 e. The largest absolute Gasteiger partial charge is 0.367 e. The van der Waals surface area contributed by atoms with Gasteiger partial charge in [0, 0.05) is 24.3 Å².